The summed E-state index contributed by atoms with van der Waals surface area (Å²) in [7, 11) is 1.21. The molecule has 0 saturated heterocycles. The molecule has 0 spiro atoms. The molecule has 0 radical (unpaired) electrons. The minimum absolute atomic E-state index is 0.0492. The quantitative estimate of drug-likeness (QED) is 0.308. The van der Waals surface area contributed by atoms with Crippen LogP contribution in [0.4, 0.5) is 5.69 Å². The zero-order valence-corrected chi connectivity index (χ0v) is 16.6. The van der Waals surface area contributed by atoms with E-state index in [2.05, 4.69) is 9.72 Å². The highest BCUT2D eigenvalue weighted by atomic mass is 32.1. The molecule has 0 N–H and O–H groups in total. The van der Waals surface area contributed by atoms with Gasteiger partial charge in [0.15, 0.2) is 5.75 Å². The van der Waals surface area contributed by atoms with E-state index >= 15 is 0 Å². The maximum Gasteiger partial charge on any atom is 0.338 e. The van der Waals surface area contributed by atoms with Crippen molar-refractivity contribution < 1.29 is 23.9 Å². The van der Waals surface area contributed by atoms with Crippen LogP contribution in [0.5, 0.6) is 11.5 Å². The average Bonchev–Trinajstić information content (AvgIpc) is 3.19. The first-order chi connectivity index (χ1) is 14.0. The molecule has 0 bridgehead atoms. The lowest BCUT2D eigenvalue weighted by atomic mass is 10.2. The van der Waals surface area contributed by atoms with Gasteiger partial charge in [0.25, 0.3) is 0 Å². The number of thiazole rings is 1. The maximum absolute atomic E-state index is 11.6. The molecule has 0 fully saturated rings. The highest BCUT2D eigenvalue weighted by Gasteiger charge is 2.19. The monoisotopic (exact) mass is 414 g/mol. The lowest BCUT2D eigenvalue weighted by molar-refractivity contribution is -0.386. The maximum atomic E-state index is 11.6. The van der Waals surface area contributed by atoms with Crippen LogP contribution < -0.4 is 9.47 Å². The number of hydrogen-bond donors (Lipinski definition) is 0. The van der Waals surface area contributed by atoms with Crippen molar-refractivity contribution in [3.63, 3.8) is 0 Å². The van der Waals surface area contributed by atoms with E-state index < -0.39 is 10.9 Å². The van der Waals surface area contributed by atoms with Gasteiger partial charge in [0.2, 0.25) is 0 Å². The summed E-state index contributed by atoms with van der Waals surface area (Å²) in [4.78, 5) is 26.6. The number of nitro groups is 1. The first kappa shape index (κ1) is 20.3. The summed E-state index contributed by atoms with van der Waals surface area (Å²) in [5.41, 5.74) is 1.55. The molecule has 9 heteroatoms. The predicted octanol–water partition coefficient (Wildman–Crippen LogP) is 4.30. The molecule has 1 aromatic heterocycles. The van der Waals surface area contributed by atoms with Crippen LogP contribution in [0, 0.1) is 17.0 Å². The first-order valence-corrected chi connectivity index (χ1v) is 9.46. The Morgan fingerprint density at radius 3 is 2.59 bits per heavy atom. The predicted molar refractivity (Wildman–Crippen MR) is 106 cm³/mol. The van der Waals surface area contributed by atoms with Crippen LogP contribution in [0.15, 0.2) is 47.8 Å². The lowest BCUT2D eigenvalue weighted by Crippen LogP contribution is -2.04. The molecular weight excluding hydrogens is 396 g/mol. The summed E-state index contributed by atoms with van der Waals surface area (Å²) in [6, 6.07) is 11.6. The number of carbonyl (C=O) groups is 1. The fourth-order valence-corrected chi connectivity index (χ4v) is 3.13. The zero-order chi connectivity index (χ0) is 20.8. The largest absolute Gasteiger partial charge is 0.486 e. The molecule has 1 heterocycles. The Morgan fingerprint density at radius 2 is 1.90 bits per heavy atom. The zero-order valence-electron chi connectivity index (χ0n) is 15.8. The van der Waals surface area contributed by atoms with Gasteiger partial charge in [-0.15, -0.1) is 11.3 Å². The van der Waals surface area contributed by atoms with E-state index in [-0.39, 0.29) is 23.6 Å². The van der Waals surface area contributed by atoms with E-state index in [1.54, 1.807) is 0 Å². The number of ether oxygens (including phenoxy) is 3. The molecule has 3 aromatic rings. The Labute approximate surface area is 170 Å². The highest BCUT2D eigenvalue weighted by Crippen LogP contribution is 2.29. The summed E-state index contributed by atoms with van der Waals surface area (Å²) in [5.74, 6) is 0.149. The van der Waals surface area contributed by atoms with Gasteiger partial charge in [-0.1, -0.05) is 17.7 Å². The average molecular weight is 414 g/mol. The molecule has 0 aliphatic rings. The molecule has 8 nitrogen and oxygen atoms in total. The third kappa shape index (κ3) is 5.29. The molecule has 3 rings (SSSR count). The SMILES string of the molecule is COC(=O)c1ccc(OCc2csc(COc3ccc(C)cc3)n2)c([N+](=O)[O-])c1. The van der Waals surface area contributed by atoms with Crippen LogP contribution in [0.25, 0.3) is 0 Å². The van der Waals surface area contributed by atoms with Gasteiger partial charge in [0.05, 0.1) is 23.3 Å². The van der Waals surface area contributed by atoms with Gasteiger partial charge >= 0.3 is 11.7 Å². The van der Waals surface area contributed by atoms with Crippen LogP contribution in [0.2, 0.25) is 0 Å². The van der Waals surface area contributed by atoms with Gasteiger partial charge in [-0.3, -0.25) is 10.1 Å². The molecule has 0 atom stereocenters. The Bertz CT molecular complexity index is 1020. The van der Waals surface area contributed by atoms with Crippen LogP contribution in [0.3, 0.4) is 0 Å². The van der Waals surface area contributed by atoms with Gasteiger partial charge in [0.1, 0.15) is 24.0 Å². The van der Waals surface area contributed by atoms with Gasteiger partial charge in [-0.05, 0) is 31.2 Å². The fraction of sp³-hybridized carbons (Fsp3) is 0.200. The topological polar surface area (TPSA) is 101 Å². The number of methoxy groups -OCH3 is 1. The normalized spacial score (nSPS) is 10.4. The second-order valence-electron chi connectivity index (χ2n) is 6.05. The van der Waals surface area contributed by atoms with E-state index in [0.717, 1.165) is 22.4 Å². The molecule has 0 amide bonds. The summed E-state index contributed by atoms with van der Waals surface area (Å²) < 4.78 is 15.8. The Hall–Kier alpha value is -3.46. The molecule has 150 valence electrons. The molecule has 29 heavy (non-hydrogen) atoms. The van der Waals surface area contributed by atoms with E-state index in [9.17, 15) is 14.9 Å². The number of rotatable bonds is 8. The van der Waals surface area contributed by atoms with Crippen molar-refractivity contribution in [1.29, 1.82) is 0 Å². The van der Waals surface area contributed by atoms with Gasteiger partial charge < -0.3 is 14.2 Å². The second kappa shape index (κ2) is 9.16. The van der Waals surface area contributed by atoms with E-state index in [1.807, 2.05) is 36.6 Å². The molecule has 2 aromatic carbocycles. The summed E-state index contributed by atoms with van der Waals surface area (Å²) in [6.07, 6.45) is 0. The number of nitro benzene ring substituents is 1. The molecule has 0 saturated carbocycles. The van der Waals surface area contributed by atoms with Crippen LogP contribution in [-0.2, 0) is 18.0 Å². The number of hydrogen-bond acceptors (Lipinski definition) is 8. The van der Waals surface area contributed by atoms with Crippen molar-refractivity contribution in [3.05, 3.63) is 79.8 Å². The van der Waals surface area contributed by atoms with Gasteiger partial charge in [0, 0.05) is 11.4 Å². The molecule has 0 aliphatic carbocycles. The number of aryl methyl sites for hydroxylation is 1. The van der Waals surface area contributed by atoms with Crippen LogP contribution in [-0.4, -0.2) is 23.0 Å². The number of benzene rings is 2. The first-order valence-electron chi connectivity index (χ1n) is 8.58. The van der Waals surface area contributed by atoms with Gasteiger partial charge in [-0.25, -0.2) is 9.78 Å². The third-order valence-corrected chi connectivity index (χ3v) is 4.81. The standard InChI is InChI=1S/C20H18N2O6S/c1-13-3-6-16(7-4-13)27-11-19-21-15(12-29-19)10-28-18-8-5-14(20(23)26-2)9-17(18)22(24)25/h3-9,12H,10-11H2,1-2H3. The van der Waals surface area contributed by atoms with Crippen molar-refractivity contribution in [2.75, 3.05) is 7.11 Å². The van der Waals surface area contributed by atoms with Crippen LogP contribution >= 0.6 is 11.3 Å². The summed E-state index contributed by atoms with van der Waals surface area (Å²) in [6.45, 7) is 2.38. The van der Waals surface area contributed by atoms with Gasteiger partial charge in [-0.2, -0.15) is 0 Å². The van der Waals surface area contributed by atoms with Crippen molar-refractivity contribution >= 4 is 23.0 Å². The number of esters is 1. The van der Waals surface area contributed by atoms with Crippen molar-refractivity contribution in [1.82, 2.24) is 4.98 Å². The van der Waals surface area contributed by atoms with Crippen molar-refractivity contribution in [3.8, 4) is 11.5 Å². The Morgan fingerprint density at radius 1 is 1.14 bits per heavy atom. The number of nitrogens with zero attached hydrogens (tertiary/aromatic N) is 2. The minimum atomic E-state index is -0.655. The molecule has 0 unspecified atom stereocenters. The highest BCUT2D eigenvalue weighted by molar-refractivity contribution is 7.09. The van der Waals surface area contributed by atoms with Crippen molar-refractivity contribution in [2.45, 2.75) is 20.1 Å². The van der Waals surface area contributed by atoms with Crippen LogP contribution in [0.1, 0.15) is 26.6 Å². The third-order valence-electron chi connectivity index (χ3n) is 3.93. The summed E-state index contributed by atoms with van der Waals surface area (Å²) in [5, 5.41) is 13.9. The Balaban J connectivity index is 1.62. The molecular formula is C20H18N2O6S. The second-order valence-corrected chi connectivity index (χ2v) is 7.00. The lowest BCUT2D eigenvalue weighted by Gasteiger charge is -2.07. The fourth-order valence-electron chi connectivity index (χ4n) is 2.44. The Kier molecular flexibility index (Phi) is 6.40. The summed E-state index contributed by atoms with van der Waals surface area (Å²) >= 11 is 1.42. The minimum Gasteiger partial charge on any atom is -0.486 e. The molecule has 0 aliphatic heterocycles. The van der Waals surface area contributed by atoms with E-state index in [0.29, 0.717) is 12.3 Å². The number of aromatic nitrogens is 1. The smallest absolute Gasteiger partial charge is 0.338 e. The van der Waals surface area contributed by atoms with Crippen molar-refractivity contribution in [2.24, 2.45) is 0 Å². The van der Waals surface area contributed by atoms with E-state index in [4.69, 9.17) is 9.47 Å². The van der Waals surface area contributed by atoms with E-state index in [1.165, 1.54) is 30.6 Å². The number of carbonyl (C=O) groups excluding carboxylic acids is 1.